The third-order valence-electron chi connectivity index (χ3n) is 3.04. The lowest BCUT2D eigenvalue weighted by Crippen LogP contribution is -2.33. The summed E-state index contributed by atoms with van der Waals surface area (Å²) < 4.78 is 10.7. The molecule has 1 aliphatic heterocycles. The molecule has 0 amide bonds. The topological polar surface area (TPSA) is 38.8 Å². The van der Waals surface area contributed by atoms with Gasteiger partial charge in [-0.2, -0.15) is 0 Å². The quantitative estimate of drug-likeness (QED) is 0.505. The number of rotatable bonds is 5. The van der Waals surface area contributed by atoms with Gasteiger partial charge in [-0.25, -0.2) is 4.79 Å². The van der Waals surface area contributed by atoms with E-state index < -0.39 is 5.60 Å². The molecule has 3 heteroatoms. The normalized spacial score (nSPS) is 35.4. The zero-order chi connectivity index (χ0) is 10.8. The lowest BCUT2D eigenvalue weighted by atomic mass is 9.88. The first-order chi connectivity index (χ1) is 6.56. The van der Waals surface area contributed by atoms with Crippen molar-refractivity contribution in [3.63, 3.8) is 0 Å². The number of epoxide rings is 1. The van der Waals surface area contributed by atoms with Gasteiger partial charge in [0.1, 0.15) is 5.60 Å². The Kier molecular flexibility index (Phi) is 3.20. The molecule has 0 aromatic heterocycles. The van der Waals surface area contributed by atoms with Gasteiger partial charge in [0, 0.05) is 0 Å². The van der Waals surface area contributed by atoms with Crippen LogP contribution >= 0.6 is 0 Å². The SMILES string of the molecule is CCCC1(C)OC1(CC)C(=O)OCC. The van der Waals surface area contributed by atoms with Crippen molar-refractivity contribution < 1.29 is 14.3 Å². The van der Waals surface area contributed by atoms with E-state index in [1.807, 2.05) is 20.8 Å². The summed E-state index contributed by atoms with van der Waals surface area (Å²) in [6.07, 6.45) is 2.64. The predicted molar refractivity (Wildman–Crippen MR) is 54.1 cm³/mol. The fourth-order valence-corrected chi connectivity index (χ4v) is 2.18. The van der Waals surface area contributed by atoms with Gasteiger partial charge in [0.2, 0.25) is 0 Å². The smallest absolute Gasteiger partial charge is 0.341 e. The molecule has 0 aromatic rings. The molecule has 1 heterocycles. The predicted octanol–water partition coefficient (Wildman–Crippen LogP) is 2.29. The van der Waals surface area contributed by atoms with E-state index in [4.69, 9.17) is 9.47 Å². The molecule has 2 atom stereocenters. The van der Waals surface area contributed by atoms with Gasteiger partial charge < -0.3 is 9.47 Å². The fourth-order valence-electron chi connectivity index (χ4n) is 2.18. The molecular formula is C11H20O3. The standard InChI is InChI=1S/C11H20O3/c1-5-8-10(4)11(6-2,14-10)9(12)13-7-3/h5-8H2,1-4H3. The maximum absolute atomic E-state index is 11.7. The van der Waals surface area contributed by atoms with Gasteiger partial charge in [0.15, 0.2) is 5.60 Å². The summed E-state index contributed by atoms with van der Waals surface area (Å²) >= 11 is 0. The zero-order valence-electron chi connectivity index (χ0n) is 9.55. The molecule has 0 saturated carbocycles. The average Bonchev–Trinajstić information content (AvgIpc) is 2.74. The number of esters is 1. The Hall–Kier alpha value is -0.570. The van der Waals surface area contributed by atoms with Gasteiger partial charge in [-0.1, -0.05) is 20.3 Å². The van der Waals surface area contributed by atoms with E-state index in [-0.39, 0.29) is 11.6 Å². The van der Waals surface area contributed by atoms with Crippen molar-refractivity contribution in [2.75, 3.05) is 6.61 Å². The molecule has 0 N–H and O–H groups in total. The Bertz CT molecular complexity index is 227. The first-order valence-corrected chi connectivity index (χ1v) is 5.43. The molecule has 1 rings (SSSR count). The first-order valence-electron chi connectivity index (χ1n) is 5.43. The lowest BCUT2D eigenvalue weighted by Gasteiger charge is -2.13. The van der Waals surface area contributed by atoms with Crippen molar-refractivity contribution in [2.45, 2.75) is 58.2 Å². The van der Waals surface area contributed by atoms with E-state index in [1.54, 1.807) is 0 Å². The average molecular weight is 200 g/mol. The highest BCUT2D eigenvalue weighted by Crippen LogP contribution is 2.53. The Balaban J connectivity index is 2.68. The van der Waals surface area contributed by atoms with Gasteiger partial charge in [-0.05, 0) is 26.7 Å². The van der Waals surface area contributed by atoms with Crippen molar-refractivity contribution in [3.8, 4) is 0 Å². The Morgan fingerprint density at radius 2 is 2.00 bits per heavy atom. The van der Waals surface area contributed by atoms with E-state index in [0.717, 1.165) is 12.8 Å². The second-order valence-electron chi connectivity index (χ2n) is 3.98. The monoisotopic (exact) mass is 200 g/mol. The van der Waals surface area contributed by atoms with Crippen molar-refractivity contribution in [3.05, 3.63) is 0 Å². The minimum atomic E-state index is -0.654. The Labute approximate surface area is 85.8 Å². The zero-order valence-corrected chi connectivity index (χ0v) is 9.55. The van der Waals surface area contributed by atoms with Crippen LogP contribution in [0.3, 0.4) is 0 Å². The van der Waals surface area contributed by atoms with Crippen molar-refractivity contribution >= 4 is 5.97 Å². The summed E-state index contributed by atoms with van der Waals surface area (Å²) in [4.78, 5) is 11.7. The van der Waals surface area contributed by atoms with Crippen LogP contribution in [0, 0.1) is 0 Å². The number of hydrogen-bond donors (Lipinski definition) is 0. The number of carbonyl (C=O) groups is 1. The van der Waals surface area contributed by atoms with Crippen molar-refractivity contribution in [2.24, 2.45) is 0 Å². The summed E-state index contributed by atoms with van der Waals surface area (Å²) in [6.45, 7) is 8.31. The highest BCUT2D eigenvalue weighted by atomic mass is 16.7. The van der Waals surface area contributed by atoms with Gasteiger partial charge in [0.05, 0.1) is 6.61 Å². The summed E-state index contributed by atoms with van der Waals surface area (Å²) in [5.41, 5.74) is -0.943. The van der Waals surface area contributed by atoms with E-state index in [9.17, 15) is 4.79 Å². The molecule has 14 heavy (non-hydrogen) atoms. The number of carbonyl (C=O) groups excluding carboxylic acids is 1. The summed E-state index contributed by atoms with van der Waals surface area (Å²) in [6, 6.07) is 0. The van der Waals surface area contributed by atoms with Gasteiger partial charge in [-0.3, -0.25) is 0 Å². The highest BCUT2D eigenvalue weighted by Gasteiger charge is 2.70. The minimum absolute atomic E-state index is 0.196. The van der Waals surface area contributed by atoms with Crippen LogP contribution in [0.4, 0.5) is 0 Å². The molecule has 0 aromatic carbocycles. The van der Waals surface area contributed by atoms with Gasteiger partial charge in [0.25, 0.3) is 0 Å². The molecule has 0 bridgehead atoms. The van der Waals surface area contributed by atoms with E-state index in [1.165, 1.54) is 0 Å². The van der Waals surface area contributed by atoms with Crippen molar-refractivity contribution in [1.82, 2.24) is 0 Å². The third kappa shape index (κ3) is 1.54. The summed E-state index contributed by atoms with van der Waals surface area (Å²) in [5.74, 6) is -0.196. The Morgan fingerprint density at radius 3 is 2.43 bits per heavy atom. The number of ether oxygens (including phenoxy) is 2. The molecule has 1 saturated heterocycles. The maximum atomic E-state index is 11.7. The van der Waals surface area contributed by atoms with Crippen LogP contribution in [0.15, 0.2) is 0 Å². The molecule has 3 nitrogen and oxygen atoms in total. The van der Waals surface area contributed by atoms with Crippen LogP contribution in [0.25, 0.3) is 0 Å². The summed E-state index contributed by atoms with van der Waals surface area (Å²) in [7, 11) is 0. The van der Waals surface area contributed by atoms with E-state index in [0.29, 0.717) is 13.0 Å². The number of hydrogen-bond acceptors (Lipinski definition) is 3. The molecule has 1 fully saturated rings. The molecule has 0 spiro atoms. The molecule has 0 radical (unpaired) electrons. The third-order valence-corrected chi connectivity index (χ3v) is 3.04. The largest absolute Gasteiger partial charge is 0.464 e. The maximum Gasteiger partial charge on any atom is 0.341 e. The van der Waals surface area contributed by atoms with Crippen LogP contribution in [-0.4, -0.2) is 23.8 Å². The van der Waals surface area contributed by atoms with Crippen LogP contribution < -0.4 is 0 Å². The van der Waals surface area contributed by atoms with Crippen molar-refractivity contribution in [1.29, 1.82) is 0 Å². The van der Waals surface area contributed by atoms with Crippen LogP contribution in [0.5, 0.6) is 0 Å². The molecular weight excluding hydrogens is 180 g/mol. The highest BCUT2D eigenvalue weighted by molar-refractivity contribution is 5.84. The lowest BCUT2D eigenvalue weighted by molar-refractivity contribution is -0.149. The van der Waals surface area contributed by atoms with Gasteiger partial charge in [-0.15, -0.1) is 0 Å². The second kappa shape index (κ2) is 3.89. The van der Waals surface area contributed by atoms with Crippen LogP contribution in [-0.2, 0) is 14.3 Å². The molecule has 0 aliphatic carbocycles. The molecule has 1 aliphatic rings. The van der Waals surface area contributed by atoms with Crippen LogP contribution in [0.2, 0.25) is 0 Å². The van der Waals surface area contributed by atoms with Gasteiger partial charge >= 0.3 is 5.97 Å². The molecule has 82 valence electrons. The van der Waals surface area contributed by atoms with E-state index >= 15 is 0 Å². The Morgan fingerprint density at radius 1 is 1.36 bits per heavy atom. The first kappa shape index (κ1) is 11.5. The van der Waals surface area contributed by atoms with Crippen LogP contribution in [0.1, 0.15) is 47.0 Å². The fraction of sp³-hybridized carbons (Fsp3) is 0.909. The minimum Gasteiger partial charge on any atom is -0.464 e. The molecule has 2 unspecified atom stereocenters. The summed E-state index contributed by atoms with van der Waals surface area (Å²) in [5, 5.41) is 0. The van der Waals surface area contributed by atoms with E-state index in [2.05, 4.69) is 6.92 Å². The second-order valence-corrected chi connectivity index (χ2v) is 3.98.